The number of sulfone groups is 1. The van der Waals surface area contributed by atoms with Crippen molar-refractivity contribution in [1.82, 2.24) is 19.6 Å². The zero-order chi connectivity index (χ0) is 22.8. The number of aromatic nitrogens is 4. The number of benzene rings is 1. The first-order chi connectivity index (χ1) is 16.0. The first-order valence-electron chi connectivity index (χ1n) is 10.6. The molecule has 0 bridgehead atoms. The molecule has 0 saturated carbocycles. The lowest BCUT2D eigenvalue weighted by Crippen LogP contribution is -2.09. The fourth-order valence-corrected chi connectivity index (χ4v) is 4.42. The molecule has 0 radical (unpaired) electrons. The molecule has 33 heavy (non-hydrogen) atoms. The van der Waals surface area contributed by atoms with Gasteiger partial charge in [0, 0.05) is 42.5 Å². The van der Waals surface area contributed by atoms with E-state index in [0.29, 0.717) is 37.0 Å². The van der Waals surface area contributed by atoms with Gasteiger partial charge in [0.2, 0.25) is 0 Å². The molecular weight excluding hydrogens is 438 g/mol. The number of nitrogens with zero attached hydrogens (tertiary/aromatic N) is 4. The van der Waals surface area contributed by atoms with Crippen molar-refractivity contribution in [2.45, 2.75) is 17.9 Å². The average Bonchev–Trinajstić information content (AvgIpc) is 3.28. The van der Waals surface area contributed by atoms with E-state index in [1.54, 1.807) is 16.8 Å². The molecule has 0 unspecified atom stereocenters. The van der Waals surface area contributed by atoms with Crippen LogP contribution in [-0.4, -0.2) is 47.5 Å². The van der Waals surface area contributed by atoms with Crippen LogP contribution in [0, 0.1) is 0 Å². The van der Waals surface area contributed by atoms with Gasteiger partial charge in [-0.15, -0.1) is 5.10 Å². The molecule has 1 aromatic carbocycles. The molecule has 0 aliphatic carbocycles. The zero-order valence-electron chi connectivity index (χ0n) is 18.1. The van der Waals surface area contributed by atoms with E-state index >= 15 is 0 Å². The Labute approximate surface area is 191 Å². The van der Waals surface area contributed by atoms with E-state index in [1.807, 2.05) is 42.6 Å². The van der Waals surface area contributed by atoms with Crippen molar-refractivity contribution >= 4 is 26.7 Å². The van der Waals surface area contributed by atoms with E-state index < -0.39 is 9.84 Å². The van der Waals surface area contributed by atoms with Crippen LogP contribution < -0.4 is 5.32 Å². The van der Waals surface area contributed by atoms with Crippen molar-refractivity contribution in [3.8, 4) is 11.4 Å². The van der Waals surface area contributed by atoms with E-state index in [4.69, 9.17) is 9.72 Å². The zero-order valence-corrected chi connectivity index (χ0v) is 18.9. The van der Waals surface area contributed by atoms with Gasteiger partial charge in [-0.05, 0) is 29.7 Å². The Kier molecular flexibility index (Phi) is 5.65. The lowest BCUT2D eigenvalue weighted by molar-refractivity contribution is 0.161. The molecule has 9 heteroatoms. The molecule has 4 aromatic rings. The Morgan fingerprint density at radius 3 is 2.76 bits per heavy atom. The second kappa shape index (κ2) is 8.76. The molecule has 168 valence electrons. The third-order valence-corrected chi connectivity index (χ3v) is 6.60. The van der Waals surface area contributed by atoms with E-state index in [1.165, 1.54) is 11.8 Å². The molecule has 0 saturated heterocycles. The highest BCUT2D eigenvalue weighted by Gasteiger charge is 2.18. The molecule has 0 amide bonds. The van der Waals surface area contributed by atoms with Crippen LogP contribution in [0.2, 0.25) is 0 Å². The SMILES string of the molecule is CS(=O)(=O)c1cncc(-c2nc(NCc3ccccc3)c3c(C4=CCOCC4)ccn3n2)c1. The van der Waals surface area contributed by atoms with E-state index in [9.17, 15) is 8.42 Å². The number of fused-ring (bicyclic) bond motifs is 1. The summed E-state index contributed by atoms with van der Waals surface area (Å²) in [6, 6.07) is 13.7. The largest absolute Gasteiger partial charge is 0.377 e. The highest BCUT2D eigenvalue weighted by molar-refractivity contribution is 7.90. The van der Waals surface area contributed by atoms with Crippen molar-refractivity contribution in [1.29, 1.82) is 0 Å². The van der Waals surface area contributed by atoms with Gasteiger partial charge in [-0.1, -0.05) is 36.4 Å². The first-order valence-corrected chi connectivity index (χ1v) is 12.5. The highest BCUT2D eigenvalue weighted by Crippen LogP contribution is 2.31. The lowest BCUT2D eigenvalue weighted by atomic mass is 10.0. The van der Waals surface area contributed by atoms with Crippen molar-refractivity contribution in [3.63, 3.8) is 0 Å². The standard InChI is InChI=1S/C24H23N5O3S/c1-33(30,31)20-13-19(15-25-16-20)23-27-24(26-14-17-5-3-2-4-6-17)22-21(7-10-29(22)28-23)18-8-11-32-12-9-18/h2-8,10,13,15-16H,9,11-12,14H2,1H3,(H,26,27,28). The summed E-state index contributed by atoms with van der Waals surface area (Å²) in [5, 5.41) is 8.13. The van der Waals surface area contributed by atoms with E-state index in [-0.39, 0.29) is 4.90 Å². The molecular formula is C24H23N5O3S. The second-order valence-corrected chi connectivity index (χ2v) is 9.90. The van der Waals surface area contributed by atoms with Gasteiger partial charge in [0.25, 0.3) is 0 Å². The monoisotopic (exact) mass is 461 g/mol. The molecule has 8 nitrogen and oxygen atoms in total. The minimum Gasteiger partial charge on any atom is -0.377 e. The van der Waals surface area contributed by atoms with Gasteiger partial charge in [0.15, 0.2) is 21.5 Å². The van der Waals surface area contributed by atoms with Gasteiger partial charge in [0.05, 0.1) is 18.1 Å². The maximum absolute atomic E-state index is 12.0. The van der Waals surface area contributed by atoms with Crippen LogP contribution >= 0.6 is 0 Å². The maximum Gasteiger partial charge on any atom is 0.183 e. The molecule has 1 aliphatic rings. The third kappa shape index (κ3) is 4.50. The number of ether oxygens (including phenoxy) is 1. The molecule has 4 heterocycles. The smallest absolute Gasteiger partial charge is 0.183 e. The van der Waals surface area contributed by atoms with Crippen LogP contribution in [-0.2, 0) is 21.1 Å². The van der Waals surface area contributed by atoms with Gasteiger partial charge < -0.3 is 10.1 Å². The first kappa shape index (κ1) is 21.3. The van der Waals surface area contributed by atoms with Crippen LogP contribution in [0.5, 0.6) is 0 Å². The Hall–Kier alpha value is -3.56. The van der Waals surface area contributed by atoms with Crippen LogP contribution in [0.1, 0.15) is 17.5 Å². The normalized spacial score (nSPS) is 14.3. The number of hydrogen-bond donors (Lipinski definition) is 1. The predicted molar refractivity (Wildman–Crippen MR) is 127 cm³/mol. The van der Waals surface area contributed by atoms with Crippen molar-refractivity contribution in [2.24, 2.45) is 0 Å². The fraction of sp³-hybridized carbons (Fsp3) is 0.208. The number of pyridine rings is 1. The Balaban J connectivity index is 1.63. The molecule has 0 atom stereocenters. The van der Waals surface area contributed by atoms with Gasteiger partial charge in [-0.3, -0.25) is 4.98 Å². The quantitative estimate of drug-likeness (QED) is 0.468. The average molecular weight is 462 g/mol. The summed E-state index contributed by atoms with van der Waals surface area (Å²) in [6.07, 6.45) is 8.87. The van der Waals surface area contributed by atoms with Crippen molar-refractivity contribution in [2.75, 3.05) is 24.8 Å². The Morgan fingerprint density at radius 2 is 2.00 bits per heavy atom. The lowest BCUT2D eigenvalue weighted by Gasteiger charge is -2.15. The second-order valence-electron chi connectivity index (χ2n) is 7.88. The third-order valence-electron chi connectivity index (χ3n) is 5.52. The summed E-state index contributed by atoms with van der Waals surface area (Å²) < 4.78 is 31.3. The summed E-state index contributed by atoms with van der Waals surface area (Å²) in [5.74, 6) is 1.06. The number of nitrogens with one attached hydrogen (secondary N) is 1. The maximum atomic E-state index is 12.0. The van der Waals surface area contributed by atoms with E-state index in [0.717, 1.165) is 29.3 Å². The van der Waals surface area contributed by atoms with Crippen LogP contribution in [0.4, 0.5) is 5.82 Å². The fourth-order valence-electron chi connectivity index (χ4n) is 3.83. The van der Waals surface area contributed by atoms with Gasteiger partial charge in [-0.2, -0.15) is 0 Å². The van der Waals surface area contributed by atoms with Crippen molar-refractivity contribution in [3.05, 3.63) is 78.3 Å². The Bertz CT molecular complexity index is 1450. The molecule has 0 spiro atoms. The summed E-state index contributed by atoms with van der Waals surface area (Å²) in [4.78, 5) is 9.03. The van der Waals surface area contributed by atoms with Gasteiger partial charge in [0.1, 0.15) is 5.52 Å². The molecule has 0 fully saturated rings. The topological polar surface area (TPSA) is 98.5 Å². The number of anilines is 1. The number of rotatable bonds is 6. The van der Waals surface area contributed by atoms with Crippen molar-refractivity contribution < 1.29 is 13.2 Å². The predicted octanol–water partition coefficient (Wildman–Crippen LogP) is 3.61. The molecule has 1 N–H and O–H groups in total. The molecule has 5 rings (SSSR count). The minimum absolute atomic E-state index is 0.128. The van der Waals surface area contributed by atoms with Gasteiger partial charge in [-0.25, -0.2) is 17.9 Å². The van der Waals surface area contributed by atoms with Gasteiger partial charge >= 0.3 is 0 Å². The van der Waals surface area contributed by atoms with Crippen LogP contribution in [0.15, 0.2) is 72.0 Å². The van der Waals surface area contributed by atoms with Crippen LogP contribution in [0.3, 0.4) is 0 Å². The minimum atomic E-state index is -3.40. The number of hydrogen-bond acceptors (Lipinski definition) is 7. The Morgan fingerprint density at radius 1 is 1.15 bits per heavy atom. The summed E-state index contributed by atoms with van der Waals surface area (Å²) in [7, 11) is -3.40. The summed E-state index contributed by atoms with van der Waals surface area (Å²) in [6.45, 7) is 1.85. The summed E-state index contributed by atoms with van der Waals surface area (Å²) in [5.41, 5.74) is 4.78. The van der Waals surface area contributed by atoms with Crippen LogP contribution in [0.25, 0.3) is 22.5 Å². The highest BCUT2D eigenvalue weighted by atomic mass is 32.2. The molecule has 1 aliphatic heterocycles. The molecule has 3 aromatic heterocycles. The van der Waals surface area contributed by atoms with E-state index in [2.05, 4.69) is 21.5 Å². The summed E-state index contributed by atoms with van der Waals surface area (Å²) >= 11 is 0.